The van der Waals surface area contributed by atoms with Crippen LogP contribution in [0.3, 0.4) is 0 Å². The number of amides is 1. The van der Waals surface area contributed by atoms with Crippen LogP contribution in [0.5, 0.6) is 0 Å². The number of fused-ring (bicyclic) bond motifs is 1. The van der Waals surface area contributed by atoms with E-state index in [1.807, 2.05) is 30.1 Å². The Bertz CT molecular complexity index is 514. The van der Waals surface area contributed by atoms with Gasteiger partial charge in [-0.05, 0) is 33.8 Å². The van der Waals surface area contributed by atoms with Gasteiger partial charge in [0, 0.05) is 49.8 Å². The molecule has 110 valence electrons. The van der Waals surface area contributed by atoms with E-state index in [2.05, 4.69) is 34.8 Å². The number of carbonyl (C=O) groups is 1. The number of anilines is 1. The monoisotopic (exact) mass is 339 g/mol. The maximum atomic E-state index is 12.3. The van der Waals surface area contributed by atoms with Crippen LogP contribution in [0.15, 0.2) is 10.7 Å². The van der Waals surface area contributed by atoms with E-state index in [1.165, 1.54) is 11.1 Å². The fourth-order valence-corrected chi connectivity index (χ4v) is 3.12. The van der Waals surface area contributed by atoms with Gasteiger partial charge in [-0.25, -0.2) is 4.98 Å². The molecule has 1 aliphatic heterocycles. The third-order valence-corrected chi connectivity index (χ3v) is 4.25. The van der Waals surface area contributed by atoms with Gasteiger partial charge in [0.05, 0.1) is 0 Å². The first-order valence-electron chi connectivity index (χ1n) is 7.01. The number of pyridine rings is 1. The van der Waals surface area contributed by atoms with Gasteiger partial charge >= 0.3 is 0 Å². The average molecular weight is 340 g/mol. The second-order valence-corrected chi connectivity index (χ2v) is 6.80. The summed E-state index contributed by atoms with van der Waals surface area (Å²) in [5, 5.41) is 0. The van der Waals surface area contributed by atoms with Gasteiger partial charge in [0.1, 0.15) is 5.82 Å². The molecule has 0 fully saturated rings. The Balaban J connectivity index is 2.28. The number of hydrogen-bond donors (Lipinski definition) is 0. The van der Waals surface area contributed by atoms with Crippen LogP contribution < -0.4 is 4.90 Å². The first-order chi connectivity index (χ1) is 9.40. The molecule has 20 heavy (non-hydrogen) atoms. The first-order valence-corrected chi connectivity index (χ1v) is 7.80. The zero-order valence-corrected chi connectivity index (χ0v) is 14.2. The molecule has 0 aliphatic carbocycles. The molecule has 2 rings (SSSR count). The topological polar surface area (TPSA) is 36.4 Å². The maximum absolute atomic E-state index is 12.3. The van der Waals surface area contributed by atoms with E-state index in [0.29, 0.717) is 18.9 Å². The molecule has 0 atom stereocenters. The van der Waals surface area contributed by atoms with E-state index in [4.69, 9.17) is 0 Å². The van der Waals surface area contributed by atoms with Gasteiger partial charge < -0.3 is 9.80 Å². The molecule has 0 N–H and O–H groups in total. The summed E-state index contributed by atoms with van der Waals surface area (Å²) in [7, 11) is 3.98. The molecule has 1 aromatic heterocycles. The third kappa shape index (κ3) is 3.14. The SMILES string of the molecule is CC(C)CC(=O)N1CCc2c(Br)cnc(N(C)C)c2C1. The van der Waals surface area contributed by atoms with E-state index >= 15 is 0 Å². The van der Waals surface area contributed by atoms with Gasteiger partial charge in [0.15, 0.2) is 0 Å². The number of carbonyl (C=O) groups excluding carboxylic acids is 1. The highest BCUT2D eigenvalue weighted by atomic mass is 79.9. The lowest BCUT2D eigenvalue weighted by Crippen LogP contribution is -2.37. The molecule has 0 bridgehead atoms. The van der Waals surface area contributed by atoms with E-state index < -0.39 is 0 Å². The molecular weight excluding hydrogens is 318 g/mol. The Labute approximate surface area is 129 Å². The minimum atomic E-state index is 0.246. The zero-order valence-electron chi connectivity index (χ0n) is 12.6. The van der Waals surface area contributed by atoms with Crippen LogP contribution in [0, 0.1) is 5.92 Å². The smallest absolute Gasteiger partial charge is 0.223 e. The summed E-state index contributed by atoms with van der Waals surface area (Å²) in [6.45, 7) is 5.63. The number of nitrogens with zero attached hydrogens (tertiary/aromatic N) is 3. The summed E-state index contributed by atoms with van der Waals surface area (Å²) in [5.74, 6) is 1.61. The van der Waals surface area contributed by atoms with Crippen molar-refractivity contribution in [3.63, 3.8) is 0 Å². The van der Waals surface area contributed by atoms with Crippen molar-refractivity contribution >= 4 is 27.7 Å². The molecular formula is C15H22BrN3O. The largest absolute Gasteiger partial charge is 0.362 e. The van der Waals surface area contributed by atoms with Crippen molar-refractivity contribution in [2.24, 2.45) is 5.92 Å². The highest BCUT2D eigenvalue weighted by Crippen LogP contribution is 2.31. The fourth-order valence-electron chi connectivity index (χ4n) is 2.58. The van der Waals surface area contributed by atoms with Crippen molar-refractivity contribution in [3.05, 3.63) is 21.8 Å². The van der Waals surface area contributed by atoms with Crippen molar-refractivity contribution in [2.45, 2.75) is 33.2 Å². The second-order valence-electron chi connectivity index (χ2n) is 5.94. The van der Waals surface area contributed by atoms with Crippen molar-refractivity contribution in [1.29, 1.82) is 0 Å². The number of halogens is 1. The minimum Gasteiger partial charge on any atom is -0.362 e. The Morgan fingerprint density at radius 2 is 2.15 bits per heavy atom. The van der Waals surface area contributed by atoms with Gasteiger partial charge in [0.2, 0.25) is 5.91 Å². The molecule has 1 aliphatic rings. The quantitative estimate of drug-likeness (QED) is 0.849. The first kappa shape index (κ1) is 15.3. The normalized spacial score (nSPS) is 14.4. The standard InChI is InChI=1S/C15H22BrN3O/c1-10(2)7-14(20)19-6-5-11-12(9-19)15(18(3)4)17-8-13(11)16/h8,10H,5-7,9H2,1-4H3. The fraction of sp³-hybridized carbons (Fsp3) is 0.600. The van der Waals surface area contributed by atoms with E-state index in [-0.39, 0.29) is 5.91 Å². The molecule has 1 aromatic rings. The zero-order chi connectivity index (χ0) is 14.9. The predicted octanol–water partition coefficient (Wildman–Crippen LogP) is 2.84. The van der Waals surface area contributed by atoms with Crippen molar-refractivity contribution < 1.29 is 4.79 Å². The van der Waals surface area contributed by atoms with E-state index in [9.17, 15) is 4.79 Å². The van der Waals surface area contributed by atoms with Crippen molar-refractivity contribution in [2.75, 3.05) is 25.5 Å². The lowest BCUT2D eigenvalue weighted by Gasteiger charge is -2.32. The molecule has 0 saturated heterocycles. The number of rotatable bonds is 3. The van der Waals surface area contributed by atoms with Crippen LogP contribution in [0.4, 0.5) is 5.82 Å². The second kappa shape index (κ2) is 6.12. The molecule has 0 aromatic carbocycles. The van der Waals surface area contributed by atoms with Crippen LogP contribution in [0.25, 0.3) is 0 Å². The summed E-state index contributed by atoms with van der Waals surface area (Å²) in [6.07, 6.45) is 3.37. The van der Waals surface area contributed by atoms with Crippen LogP contribution in [-0.2, 0) is 17.8 Å². The predicted molar refractivity (Wildman–Crippen MR) is 84.8 cm³/mol. The molecule has 4 nitrogen and oxygen atoms in total. The molecule has 0 unspecified atom stereocenters. The van der Waals surface area contributed by atoms with Gasteiger partial charge in [-0.3, -0.25) is 4.79 Å². The highest BCUT2D eigenvalue weighted by Gasteiger charge is 2.25. The molecule has 0 spiro atoms. The molecule has 1 amide bonds. The van der Waals surface area contributed by atoms with Crippen molar-refractivity contribution in [3.8, 4) is 0 Å². The van der Waals surface area contributed by atoms with Gasteiger partial charge in [0.25, 0.3) is 0 Å². The van der Waals surface area contributed by atoms with Gasteiger partial charge in [-0.15, -0.1) is 0 Å². The Morgan fingerprint density at radius 3 is 2.75 bits per heavy atom. The Morgan fingerprint density at radius 1 is 1.45 bits per heavy atom. The number of aromatic nitrogens is 1. The van der Waals surface area contributed by atoms with Crippen molar-refractivity contribution in [1.82, 2.24) is 9.88 Å². The molecule has 0 radical (unpaired) electrons. The maximum Gasteiger partial charge on any atom is 0.223 e. The summed E-state index contributed by atoms with van der Waals surface area (Å²) in [6, 6.07) is 0. The van der Waals surface area contributed by atoms with E-state index in [0.717, 1.165) is 23.3 Å². The molecule has 2 heterocycles. The lowest BCUT2D eigenvalue weighted by molar-refractivity contribution is -0.132. The minimum absolute atomic E-state index is 0.246. The molecule has 5 heteroatoms. The summed E-state index contributed by atoms with van der Waals surface area (Å²) < 4.78 is 1.05. The Hall–Kier alpha value is -1.10. The number of hydrogen-bond acceptors (Lipinski definition) is 3. The van der Waals surface area contributed by atoms with Crippen LogP contribution >= 0.6 is 15.9 Å². The molecule has 0 saturated carbocycles. The van der Waals surface area contributed by atoms with E-state index in [1.54, 1.807) is 0 Å². The van der Waals surface area contributed by atoms with Crippen LogP contribution in [0.2, 0.25) is 0 Å². The average Bonchev–Trinajstić information content (AvgIpc) is 2.37. The lowest BCUT2D eigenvalue weighted by atomic mass is 9.99. The summed E-state index contributed by atoms with van der Waals surface area (Å²) >= 11 is 3.58. The summed E-state index contributed by atoms with van der Waals surface area (Å²) in [4.78, 5) is 20.7. The van der Waals surface area contributed by atoms with Crippen LogP contribution in [-0.4, -0.2) is 36.4 Å². The van der Waals surface area contributed by atoms with Crippen LogP contribution in [0.1, 0.15) is 31.4 Å². The van der Waals surface area contributed by atoms with Gasteiger partial charge in [-0.1, -0.05) is 13.8 Å². The van der Waals surface area contributed by atoms with Gasteiger partial charge in [-0.2, -0.15) is 0 Å². The third-order valence-electron chi connectivity index (χ3n) is 3.56. The Kier molecular flexibility index (Phi) is 4.68. The highest BCUT2D eigenvalue weighted by molar-refractivity contribution is 9.10. The summed E-state index contributed by atoms with van der Waals surface area (Å²) in [5.41, 5.74) is 2.46.